The van der Waals surface area contributed by atoms with Crippen molar-refractivity contribution < 1.29 is 10.2 Å². The molecule has 1 aromatic carbocycles. The van der Waals surface area contributed by atoms with E-state index >= 15 is 0 Å². The van der Waals surface area contributed by atoms with E-state index in [0.29, 0.717) is 13.1 Å². The van der Waals surface area contributed by atoms with Crippen molar-refractivity contribution in [2.75, 3.05) is 31.2 Å². The molecule has 1 rings (SSSR count). The van der Waals surface area contributed by atoms with Crippen LogP contribution in [0.25, 0.3) is 0 Å². The maximum Gasteiger partial charge on any atom is 0.0606 e. The molecule has 15 heavy (non-hydrogen) atoms. The summed E-state index contributed by atoms with van der Waals surface area (Å²) in [6.07, 6.45) is 0. The summed E-state index contributed by atoms with van der Waals surface area (Å²) in [6, 6.07) is 6.17. The Morgan fingerprint density at radius 1 is 1.00 bits per heavy atom. The molecule has 84 valence electrons. The molecule has 0 bridgehead atoms. The predicted octanol–water partition coefficient (Wildman–Crippen LogP) is 1.09. The summed E-state index contributed by atoms with van der Waals surface area (Å²) < 4.78 is 0. The smallest absolute Gasteiger partial charge is 0.0606 e. The van der Waals surface area contributed by atoms with Crippen LogP contribution in [-0.2, 0) is 0 Å². The Morgan fingerprint density at radius 3 is 2.07 bits per heavy atom. The van der Waals surface area contributed by atoms with Crippen LogP contribution in [0, 0.1) is 13.8 Å². The Bertz CT molecular complexity index is 306. The molecule has 0 saturated heterocycles. The van der Waals surface area contributed by atoms with Crippen molar-refractivity contribution in [3.63, 3.8) is 0 Å². The van der Waals surface area contributed by atoms with Crippen LogP contribution in [0.15, 0.2) is 18.2 Å². The average Bonchev–Trinajstić information content (AvgIpc) is 2.22. The molecule has 3 nitrogen and oxygen atoms in total. The van der Waals surface area contributed by atoms with E-state index in [0.717, 1.165) is 5.69 Å². The number of anilines is 1. The third-order valence-electron chi connectivity index (χ3n) is 2.60. The standard InChI is InChI=1S/C12H19NO2/c1-10-3-4-12(9-11(10)2)13(5-7-14)6-8-15/h3-4,9,14-15H,5-8H2,1-2H3. The van der Waals surface area contributed by atoms with E-state index in [1.54, 1.807) is 0 Å². The van der Waals surface area contributed by atoms with Gasteiger partial charge in [-0.15, -0.1) is 0 Å². The van der Waals surface area contributed by atoms with E-state index < -0.39 is 0 Å². The quantitative estimate of drug-likeness (QED) is 0.763. The Labute approximate surface area is 91.0 Å². The highest BCUT2D eigenvalue weighted by atomic mass is 16.3. The number of aliphatic hydroxyl groups is 2. The second-order valence-electron chi connectivity index (χ2n) is 3.70. The van der Waals surface area contributed by atoms with Gasteiger partial charge >= 0.3 is 0 Å². The van der Waals surface area contributed by atoms with Crippen LogP contribution in [0.1, 0.15) is 11.1 Å². The van der Waals surface area contributed by atoms with Gasteiger partial charge in [0.1, 0.15) is 0 Å². The molecule has 0 saturated carbocycles. The lowest BCUT2D eigenvalue weighted by atomic mass is 10.1. The molecule has 0 aliphatic heterocycles. The van der Waals surface area contributed by atoms with E-state index in [4.69, 9.17) is 10.2 Å². The van der Waals surface area contributed by atoms with Crippen LogP contribution in [0.4, 0.5) is 5.69 Å². The lowest BCUT2D eigenvalue weighted by molar-refractivity contribution is 0.281. The molecule has 2 N–H and O–H groups in total. The summed E-state index contributed by atoms with van der Waals surface area (Å²) in [5.74, 6) is 0. The Balaban J connectivity index is 2.85. The summed E-state index contributed by atoms with van der Waals surface area (Å²) >= 11 is 0. The SMILES string of the molecule is Cc1ccc(N(CCO)CCO)cc1C. The van der Waals surface area contributed by atoms with E-state index in [1.165, 1.54) is 11.1 Å². The van der Waals surface area contributed by atoms with Gasteiger partial charge in [-0.2, -0.15) is 0 Å². The van der Waals surface area contributed by atoms with Gasteiger partial charge < -0.3 is 15.1 Å². The average molecular weight is 209 g/mol. The number of hydrogen-bond acceptors (Lipinski definition) is 3. The topological polar surface area (TPSA) is 43.7 Å². The fraction of sp³-hybridized carbons (Fsp3) is 0.500. The first-order valence-electron chi connectivity index (χ1n) is 5.23. The van der Waals surface area contributed by atoms with Gasteiger partial charge in [0, 0.05) is 18.8 Å². The summed E-state index contributed by atoms with van der Waals surface area (Å²) in [4.78, 5) is 1.98. The molecule has 0 aliphatic carbocycles. The largest absolute Gasteiger partial charge is 0.395 e. The van der Waals surface area contributed by atoms with Crippen molar-refractivity contribution in [1.82, 2.24) is 0 Å². The van der Waals surface area contributed by atoms with E-state index in [2.05, 4.69) is 26.0 Å². The van der Waals surface area contributed by atoms with Gasteiger partial charge in [0.05, 0.1) is 13.2 Å². The minimum atomic E-state index is 0.104. The zero-order valence-corrected chi connectivity index (χ0v) is 9.40. The zero-order valence-electron chi connectivity index (χ0n) is 9.40. The first-order valence-corrected chi connectivity index (χ1v) is 5.23. The molecular weight excluding hydrogens is 190 g/mol. The first-order chi connectivity index (χ1) is 7.19. The van der Waals surface area contributed by atoms with Gasteiger partial charge in [-0.25, -0.2) is 0 Å². The second-order valence-corrected chi connectivity index (χ2v) is 3.70. The van der Waals surface area contributed by atoms with Gasteiger partial charge in [0.15, 0.2) is 0 Å². The summed E-state index contributed by atoms with van der Waals surface area (Å²) in [5.41, 5.74) is 3.54. The van der Waals surface area contributed by atoms with Crippen LogP contribution in [-0.4, -0.2) is 36.5 Å². The van der Waals surface area contributed by atoms with E-state index in [1.807, 2.05) is 11.0 Å². The highest BCUT2D eigenvalue weighted by Crippen LogP contribution is 2.18. The van der Waals surface area contributed by atoms with Crippen molar-refractivity contribution >= 4 is 5.69 Å². The van der Waals surface area contributed by atoms with Gasteiger partial charge in [0.25, 0.3) is 0 Å². The number of rotatable bonds is 5. The van der Waals surface area contributed by atoms with Gasteiger partial charge in [-0.05, 0) is 37.1 Å². The molecule has 0 aromatic heterocycles. The third kappa shape index (κ3) is 3.22. The number of hydrogen-bond donors (Lipinski definition) is 2. The minimum Gasteiger partial charge on any atom is -0.395 e. The predicted molar refractivity (Wildman–Crippen MR) is 62.3 cm³/mol. The molecule has 0 amide bonds. The molecule has 1 aromatic rings. The van der Waals surface area contributed by atoms with Crippen LogP contribution >= 0.6 is 0 Å². The van der Waals surface area contributed by atoms with E-state index in [9.17, 15) is 0 Å². The minimum absolute atomic E-state index is 0.104. The normalized spacial score (nSPS) is 10.4. The number of nitrogens with zero attached hydrogens (tertiary/aromatic N) is 1. The molecule has 0 heterocycles. The maximum absolute atomic E-state index is 8.93. The number of aliphatic hydroxyl groups excluding tert-OH is 2. The lowest BCUT2D eigenvalue weighted by Crippen LogP contribution is -2.29. The second kappa shape index (κ2) is 5.73. The molecule has 0 radical (unpaired) electrons. The van der Waals surface area contributed by atoms with Crippen LogP contribution in [0.3, 0.4) is 0 Å². The van der Waals surface area contributed by atoms with Gasteiger partial charge in [0.2, 0.25) is 0 Å². The van der Waals surface area contributed by atoms with Crippen molar-refractivity contribution in [3.05, 3.63) is 29.3 Å². The highest BCUT2D eigenvalue weighted by Gasteiger charge is 2.05. The highest BCUT2D eigenvalue weighted by molar-refractivity contribution is 5.50. The molecule has 0 spiro atoms. The summed E-state index contributed by atoms with van der Waals surface area (Å²) in [7, 11) is 0. The Morgan fingerprint density at radius 2 is 1.60 bits per heavy atom. The fourth-order valence-electron chi connectivity index (χ4n) is 1.53. The zero-order chi connectivity index (χ0) is 11.3. The number of benzene rings is 1. The molecule has 0 unspecified atom stereocenters. The molecule has 0 atom stereocenters. The van der Waals surface area contributed by atoms with Crippen molar-refractivity contribution in [2.45, 2.75) is 13.8 Å². The molecular formula is C12H19NO2. The van der Waals surface area contributed by atoms with E-state index in [-0.39, 0.29) is 13.2 Å². The molecule has 0 fully saturated rings. The molecule has 0 aliphatic rings. The van der Waals surface area contributed by atoms with Gasteiger partial charge in [-0.1, -0.05) is 6.07 Å². The van der Waals surface area contributed by atoms with Crippen molar-refractivity contribution in [1.29, 1.82) is 0 Å². The summed E-state index contributed by atoms with van der Waals surface area (Å²) in [6.45, 7) is 5.46. The van der Waals surface area contributed by atoms with Crippen molar-refractivity contribution in [3.8, 4) is 0 Å². The monoisotopic (exact) mass is 209 g/mol. The number of aryl methyl sites for hydroxylation is 2. The van der Waals surface area contributed by atoms with Crippen LogP contribution < -0.4 is 4.90 Å². The van der Waals surface area contributed by atoms with Crippen LogP contribution in [0.5, 0.6) is 0 Å². The maximum atomic E-state index is 8.93. The van der Waals surface area contributed by atoms with Gasteiger partial charge in [-0.3, -0.25) is 0 Å². The lowest BCUT2D eigenvalue weighted by Gasteiger charge is -2.23. The molecule has 3 heteroatoms. The van der Waals surface area contributed by atoms with Crippen LogP contribution in [0.2, 0.25) is 0 Å². The Kier molecular flexibility index (Phi) is 4.59. The Hall–Kier alpha value is -1.06. The van der Waals surface area contributed by atoms with Crippen molar-refractivity contribution in [2.24, 2.45) is 0 Å². The fourth-order valence-corrected chi connectivity index (χ4v) is 1.53. The summed E-state index contributed by atoms with van der Waals surface area (Å²) in [5, 5.41) is 17.9. The third-order valence-corrected chi connectivity index (χ3v) is 2.60. The first kappa shape index (κ1) is 12.0.